The second-order valence-electron chi connectivity index (χ2n) is 6.98. The number of rotatable bonds is 16. The minimum absolute atomic E-state index is 0.141. The zero-order valence-corrected chi connectivity index (χ0v) is 18.2. The topological polar surface area (TPSA) is 169 Å². The number of carbonyl (C=O) groups excluding carboxylic acids is 3. The van der Waals surface area contributed by atoms with Crippen LogP contribution < -0.4 is 21.7 Å². The Bertz CT molecular complexity index is 740. The van der Waals surface area contributed by atoms with E-state index in [0.29, 0.717) is 43.8 Å². The van der Waals surface area contributed by atoms with Crippen LogP contribution in [0.5, 0.6) is 0 Å². The second kappa shape index (κ2) is 15.6. The average molecular weight is 453 g/mol. The standard InChI is InChI=1S/C21H32N4O7/c1-15(26)23-10-11-31-12-13-32-14-19(27)25-18(21(29)30)4-2-3-9-24-20(28)16-5-7-17(22)8-6-16/h5-8,18H,2-4,9-14,22H2,1H3,(H,23,26)(H,24,28)(H,25,27)(H,29,30)/t18-/m0/s1. The van der Waals surface area contributed by atoms with Crippen LogP contribution in [0.4, 0.5) is 5.69 Å². The number of benzene rings is 1. The Morgan fingerprint density at radius 1 is 0.969 bits per heavy atom. The van der Waals surface area contributed by atoms with E-state index in [9.17, 15) is 24.3 Å². The Kier molecular flexibility index (Phi) is 13.1. The summed E-state index contributed by atoms with van der Waals surface area (Å²) in [4.78, 5) is 45.9. The van der Waals surface area contributed by atoms with Crippen LogP contribution >= 0.6 is 0 Å². The maximum Gasteiger partial charge on any atom is 0.326 e. The number of nitrogens with two attached hydrogens (primary N) is 1. The van der Waals surface area contributed by atoms with Crippen molar-refractivity contribution in [1.29, 1.82) is 0 Å². The fraction of sp³-hybridized carbons (Fsp3) is 0.524. The molecule has 0 aliphatic heterocycles. The van der Waals surface area contributed by atoms with Crippen LogP contribution in [0.3, 0.4) is 0 Å². The summed E-state index contributed by atoms with van der Waals surface area (Å²) in [5, 5.41) is 17.0. The fourth-order valence-corrected chi connectivity index (χ4v) is 2.59. The van der Waals surface area contributed by atoms with Gasteiger partial charge in [0.1, 0.15) is 12.6 Å². The molecule has 0 heterocycles. The number of carboxylic acids is 1. The van der Waals surface area contributed by atoms with Crippen LogP contribution in [0.25, 0.3) is 0 Å². The van der Waals surface area contributed by atoms with Crippen molar-refractivity contribution in [3.63, 3.8) is 0 Å². The van der Waals surface area contributed by atoms with Crippen molar-refractivity contribution < 1.29 is 33.8 Å². The number of anilines is 1. The number of carbonyl (C=O) groups is 4. The summed E-state index contributed by atoms with van der Waals surface area (Å²) in [5.41, 5.74) is 6.65. The predicted octanol–water partition coefficient (Wildman–Crippen LogP) is -0.0924. The van der Waals surface area contributed by atoms with Crippen molar-refractivity contribution in [2.24, 2.45) is 0 Å². The molecule has 0 saturated heterocycles. The first-order valence-electron chi connectivity index (χ1n) is 10.4. The van der Waals surface area contributed by atoms with Gasteiger partial charge in [0.25, 0.3) is 5.91 Å². The number of aliphatic carboxylic acids is 1. The first-order chi connectivity index (χ1) is 15.3. The molecule has 0 aliphatic rings. The van der Waals surface area contributed by atoms with Crippen LogP contribution in [0.1, 0.15) is 36.5 Å². The maximum atomic E-state index is 12.0. The molecule has 3 amide bonds. The average Bonchev–Trinajstić information content (AvgIpc) is 2.74. The van der Waals surface area contributed by atoms with E-state index in [-0.39, 0.29) is 38.1 Å². The normalized spacial score (nSPS) is 11.4. The largest absolute Gasteiger partial charge is 0.480 e. The number of amides is 3. The van der Waals surface area contributed by atoms with E-state index >= 15 is 0 Å². The summed E-state index contributed by atoms with van der Waals surface area (Å²) < 4.78 is 10.4. The zero-order chi connectivity index (χ0) is 23.8. The van der Waals surface area contributed by atoms with E-state index in [0.717, 1.165) is 0 Å². The van der Waals surface area contributed by atoms with E-state index in [1.54, 1.807) is 24.3 Å². The number of unbranched alkanes of at least 4 members (excludes halogenated alkanes) is 1. The molecule has 0 saturated carbocycles. The third kappa shape index (κ3) is 12.5. The van der Waals surface area contributed by atoms with Crippen LogP contribution in [-0.2, 0) is 23.9 Å². The van der Waals surface area contributed by atoms with Crippen molar-refractivity contribution in [1.82, 2.24) is 16.0 Å². The Labute approximate surface area is 187 Å². The highest BCUT2D eigenvalue weighted by Gasteiger charge is 2.19. The second-order valence-corrected chi connectivity index (χ2v) is 6.98. The molecule has 6 N–H and O–H groups in total. The third-order valence-corrected chi connectivity index (χ3v) is 4.24. The van der Waals surface area contributed by atoms with Gasteiger partial charge < -0.3 is 36.3 Å². The number of nitrogen functional groups attached to an aromatic ring is 1. The fourth-order valence-electron chi connectivity index (χ4n) is 2.59. The molecular formula is C21H32N4O7. The Balaban J connectivity index is 2.14. The summed E-state index contributed by atoms with van der Waals surface area (Å²) in [7, 11) is 0. The lowest BCUT2D eigenvalue weighted by atomic mass is 10.1. The smallest absolute Gasteiger partial charge is 0.326 e. The molecule has 0 spiro atoms. The quantitative estimate of drug-likeness (QED) is 0.171. The molecular weight excluding hydrogens is 420 g/mol. The molecule has 11 nitrogen and oxygen atoms in total. The molecule has 0 aliphatic carbocycles. The van der Waals surface area contributed by atoms with Crippen molar-refractivity contribution >= 4 is 29.4 Å². The molecule has 0 fully saturated rings. The van der Waals surface area contributed by atoms with Gasteiger partial charge in [-0.15, -0.1) is 0 Å². The molecule has 1 rings (SSSR count). The molecule has 0 bridgehead atoms. The maximum absolute atomic E-state index is 12.0. The van der Waals surface area contributed by atoms with E-state index in [4.69, 9.17) is 15.2 Å². The molecule has 0 aromatic heterocycles. The van der Waals surface area contributed by atoms with Gasteiger partial charge in [-0.1, -0.05) is 0 Å². The third-order valence-electron chi connectivity index (χ3n) is 4.24. The van der Waals surface area contributed by atoms with Crippen LogP contribution in [0.15, 0.2) is 24.3 Å². The van der Waals surface area contributed by atoms with E-state index in [1.165, 1.54) is 6.92 Å². The monoisotopic (exact) mass is 452 g/mol. The Morgan fingerprint density at radius 2 is 1.66 bits per heavy atom. The molecule has 1 aromatic rings. The van der Waals surface area contributed by atoms with Crippen molar-refractivity contribution in [3.05, 3.63) is 29.8 Å². The molecule has 1 atom stereocenters. The van der Waals surface area contributed by atoms with Crippen LogP contribution in [0.2, 0.25) is 0 Å². The number of nitrogens with one attached hydrogen (secondary N) is 3. The first-order valence-corrected chi connectivity index (χ1v) is 10.4. The molecule has 0 unspecified atom stereocenters. The van der Waals surface area contributed by atoms with Crippen LogP contribution in [-0.4, -0.2) is 74.4 Å². The minimum Gasteiger partial charge on any atom is -0.480 e. The summed E-state index contributed by atoms with van der Waals surface area (Å²) in [6.45, 7) is 2.65. The molecule has 0 radical (unpaired) electrons. The van der Waals surface area contributed by atoms with Gasteiger partial charge >= 0.3 is 5.97 Å². The first kappa shape index (κ1) is 26.9. The number of hydrogen-bond donors (Lipinski definition) is 5. The Morgan fingerprint density at radius 3 is 2.31 bits per heavy atom. The van der Waals surface area contributed by atoms with Gasteiger partial charge in [-0.25, -0.2) is 4.79 Å². The lowest BCUT2D eigenvalue weighted by Gasteiger charge is -2.15. The molecule has 11 heteroatoms. The van der Waals surface area contributed by atoms with Crippen molar-refractivity contribution in [3.8, 4) is 0 Å². The van der Waals surface area contributed by atoms with Crippen molar-refractivity contribution in [2.45, 2.75) is 32.2 Å². The SMILES string of the molecule is CC(=O)NCCOCCOCC(=O)N[C@@H](CCCCNC(=O)c1ccc(N)cc1)C(=O)O. The summed E-state index contributed by atoms with van der Waals surface area (Å²) >= 11 is 0. The summed E-state index contributed by atoms with van der Waals surface area (Å²) in [5.74, 6) is -2.04. The summed E-state index contributed by atoms with van der Waals surface area (Å²) in [6.07, 6.45) is 1.29. The number of hydrogen-bond acceptors (Lipinski definition) is 7. The van der Waals surface area contributed by atoms with Gasteiger partial charge in [0.2, 0.25) is 11.8 Å². The summed E-state index contributed by atoms with van der Waals surface area (Å²) in [6, 6.07) is 5.49. The highest BCUT2D eigenvalue weighted by atomic mass is 16.5. The van der Waals surface area contributed by atoms with E-state index in [1.807, 2.05) is 0 Å². The highest BCUT2D eigenvalue weighted by Crippen LogP contribution is 2.06. The molecule has 32 heavy (non-hydrogen) atoms. The number of carboxylic acid groups (broad SMARTS) is 1. The van der Waals surface area contributed by atoms with E-state index < -0.39 is 17.9 Å². The van der Waals surface area contributed by atoms with Crippen molar-refractivity contribution in [2.75, 3.05) is 45.3 Å². The molecule has 178 valence electrons. The predicted molar refractivity (Wildman–Crippen MR) is 117 cm³/mol. The Hall–Kier alpha value is -3.18. The zero-order valence-electron chi connectivity index (χ0n) is 18.2. The van der Waals surface area contributed by atoms with Crippen LogP contribution in [0, 0.1) is 0 Å². The van der Waals surface area contributed by atoms with Gasteiger partial charge in [0.05, 0.1) is 19.8 Å². The lowest BCUT2D eigenvalue weighted by molar-refractivity contribution is -0.142. The molecule has 1 aromatic carbocycles. The lowest BCUT2D eigenvalue weighted by Crippen LogP contribution is -2.42. The minimum atomic E-state index is -1.13. The van der Waals surface area contributed by atoms with E-state index in [2.05, 4.69) is 16.0 Å². The number of ether oxygens (including phenoxy) is 2. The van der Waals surface area contributed by atoms with Gasteiger partial charge in [0.15, 0.2) is 0 Å². The highest BCUT2D eigenvalue weighted by molar-refractivity contribution is 5.94. The van der Waals surface area contributed by atoms with Gasteiger partial charge in [-0.3, -0.25) is 14.4 Å². The van der Waals surface area contributed by atoms with Gasteiger partial charge in [-0.05, 0) is 43.5 Å². The van der Waals surface area contributed by atoms with Gasteiger partial charge in [0, 0.05) is 31.3 Å². The van der Waals surface area contributed by atoms with Gasteiger partial charge in [-0.2, -0.15) is 0 Å².